The third-order valence-electron chi connectivity index (χ3n) is 7.16. The molecule has 3 rings (SSSR count). The minimum Gasteiger partial charge on any atom is -0.465 e. The number of methoxy groups -OCH3 is 1. The van der Waals surface area contributed by atoms with Gasteiger partial charge in [0, 0.05) is 30.1 Å². The smallest absolute Gasteiger partial charge is 0.338 e. The maximum atomic E-state index is 13.5. The van der Waals surface area contributed by atoms with Crippen LogP contribution in [0.4, 0.5) is 4.79 Å². The van der Waals surface area contributed by atoms with E-state index in [-0.39, 0.29) is 18.4 Å². The Morgan fingerprint density at radius 3 is 2.35 bits per heavy atom. The Bertz CT molecular complexity index is 1130. The third-order valence-corrected chi connectivity index (χ3v) is 7.42. The molecule has 2 aromatic carbocycles. The fraction of sp³-hybridized carbons (Fsp3) is 0.464. The first kappa shape index (κ1) is 28.5. The van der Waals surface area contributed by atoms with Crippen LogP contribution in [0.15, 0.2) is 48.5 Å². The molecule has 0 bridgehead atoms. The Morgan fingerprint density at radius 1 is 1.11 bits per heavy atom. The van der Waals surface area contributed by atoms with E-state index in [9.17, 15) is 19.5 Å². The van der Waals surface area contributed by atoms with E-state index in [1.807, 2.05) is 39.8 Å². The van der Waals surface area contributed by atoms with Crippen molar-refractivity contribution in [3.8, 4) is 0 Å². The molecule has 2 atom stereocenters. The standard InChI is InChI=1S/C28H36ClN3O5/c1-18(2)23(31-26(35)30-16-19-8-6-7-9-22(19)25(34)37-5)24(33)32-15-14-28(36,27(3,4)17-32)20-10-12-21(29)13-11-20/h6-13,18,23,36H,14-17H2,1-5H3,(H2,30,31,35)/t23-,28+/m1/s1. The van der Waals surface area contributed by atoms with Crippen molar-refractivity contribution in [1.29, 1.82) is 0 Å². The number of carbonyl (C=O) groups excluding carboxylic acids is 3. The summed E-state index contributed by atoms with van der Waals surface area (Å²) >= 11 is 6.03. The van der Waals surface area contributed by atoms with Gasteiger partial charge in [-0.15, -0.1) is 0 Å². The number of carbonyl (C=O) groups is 3. The lowest BCUT2D eigenvalue weighted by molar-refractivity contribution is -0.155. The van der Waals surface area contributed by atoms with E-state index in [1.54, 1.807) is 41.3 Å². The van der Waals surface area contributed by atoms with E-state index in [4.69, 9.17) is 16.3 Å². The lowest BCUT2D eigenvalue weighted by atomic mass is 9.66. The number of likely N-dealkylation sites (tertiary alicyclic amines) is 1. The zero-order valence-corrected chi connectivity index (χ0v) is 22.8. The number of aliphatic hydroxyl groups is 1. The average molecular weight is 530 g/mol. The van der Waals surface area contributed by atoms with Crippen LogP contribution in [0.1, 0.15) is 55.6 Å². The van der Waals surface area contributed by atoms with Gasteiger partial charge in [0.2, 0.25) is 5.91 Å². The second-order valence-electron chi connectivity index (χ2n) is 10.5. The monoisotopic (exact) mass is 529 g/mol. The van der Waals surface area contributed by atoms with Gasteiger partial charge < -0.3 is 25.4 Å². The SMILES string of the molecule is COC(=O)c1ccccc1CNC(=O)N[C@@H](C(=O)N1CC[C@](O)(c2ccc(Cl)cc2)C(C)(C)C1)C(C)C. The highest BCUT2D eigenvalue weighted by atomic mass is 35.5. The van der Waals surface area contributed by atoms with Crippen LogP contribution in [-0.2, 0) is 21.7 Å². The molecule has 1 fully saturated rings. The first-order chi connectivity index (χ1) is 17.4. The van der Waals surface area contributed by atoms with Crippen LogP contribution in [0.3, 0.4) is 0 Å². The fourth-order valence-electron chi connectivity index (χ4n) is 4.83. The molecule has 0 aromatic heterocycles. The molecule has 9 heteroatoms. The Kier molecular flexibility index (Phi) is 8.87. The molecule has 3 amide bonds. The van der Waals surface area contributed by atoms with Crippen LogP contribution >= 0.6 is 11.6 Å². The van der Waals surface area contributed by atoms with Crippen LogP contribution < -0.4 is 10.6 Å². The second-order valence-corrected chi connectivity index (χ2v) is 10.9. The molecular weight excluding hydrogens is 494 g/mol. The van der Waals surface area contributed by atoms with Crippen molar-refractivity contribution in [2.75, 3.05) is 20.2 Å². The van der Waals surface area contributed by atoms with Crippen LogP contribution in [0.2, 0.25) is 5.02 Å². The summed E-state index contributed by atoms with van der Waals surface area (Å²) in [5.74, 6) is -0.855. The highest BCUT2D eigenvalue weighted by molar-refractivity contribution is 6.30. The number of halogens is 1. The van der Waals surface area contributed by atoms with E-state index in [0.717, 1.165) is 5.56 Å². The molecule has 2 aromatic rings. The molecule has 8 nitrogen and oxygen atoms in total. The van der Waals surface area contributed by atoms with Crippen molar-refractivity contribution >= 4 is 29.5 Å². The number of nitrogens with zero attached hydrogens (tertiary/aromatic N) is 1. The molecule has 3 N–H and O–H groups in total. The molecule has 0 radical (unpaired) electrons. The topological polar surface area (TPSA) is 108 Å². The highest BCUT2D eigenvalue weighted by Gasteiger charge is 2.50. The van der Waals surface area contributed by atoms with E-state index in [2.05, 4.69) is 10.6 Å². The predicted molar refractivity (Wildman–Crippen MR) is 142 cm³/mol. The van der Waals surface area contributed by atoms with Gasteiger partial charge in [-0.2, -0.15) is 0 Å². The number of benzene rings is 2. The number of rotatable bonds is 7. The van der Waals surface area contributed by atoms with Gasteiger partial charge in [-0.3, -0.25) is 4.79 Å². The summed E-state index contributed by atoms with van der Waals surface area (Å²) in [5, 5.41) is 17.7. The minimum absolute atomic E-state index is 0.0982. The van der Waals surface area contributed by atoms with Crippen LogP contribution in [0, 0.1) is 11.3 Å². The Balaban J connectivity index is 1.67. The summed E-state index contributed by atoms with van der Waals surface area (Å²) in [5.41, 5.74) is -0.0313. The third kappa shape index (κ3) is 6.25. The number of amides is 3. The van der Waals surface area contributed by atoms with Crippen molar-refractivity contribution < 1.29 is 24.2 Å². The fourth-order valence-corrected chi connectivity index (χ4v) is 4.96. The number of nitrogens with one attached hydrogen (secondary N) is 2. The van der Waals surface area contributed by atoms with E-state index in [1.165, 1.54) is 7.11 Å². The van der Waals surface area contributed by atoms with Crippen molar-refractivity contribution in [2.24, 2.45) is 11.3 Å². The molecule has 1 saturated heterocycles. The molecule has 1 aliphatic rings. The summed E-state index contributed by atoms with van der Waals surface area (Å²) in [6, 6.07) is 12.7. The van der Waals surface area contributed by atoms with Crippen molar-refractivity contribution in [3.05, 3.63) is 70.2 Å². The zero-order valence-electron chi connectivity index (χ0n) is 22.0. The van der Waals surface area contributed by atoms with Gasteiger partial charge in [-0.25, -0.2) is 9.59 Å². The molecule has 1 heterocycles. The van der Waals surface area contributed by atoms with Crippen molar-refractivity contribution in [3.63, 3.8) is 0 Å². The lowest BCUT2D eigenvalue weighted by Gasteiger charge is -2.51. The predicted octanol–water partition coefficient (Wildman–Crippen LogP) is 4.10. The number of urea groups is 1. The van der Waals surface area contributed by atoms with Crippen molar-refractivity contribution in [1.82, 2.24) is 15.5 Å². The molecule has 0 aliphatic carbocycles. The molecule has 200 valence electrons. The number of hydrogen-bond acceptors (Lipinski definition) is 5. The first-order valence-electron chi connectivity index (χ1n) is 12.4. The first-order valence-corrected chi connectivity index (χ1v) is 12.7. The van der Waals surface area contributed by atoms with Crippen LogP contribution in [0.5, 0.6) is 0 Å². The summed E-state index contributed by atoms with van der Waals surface area (Å²) in [7, 11) is 1.30. The molecule has 1 aliphatic heterocycles. The van der Waals surface area contributed by atoms with Gasteiger partial charge in [0.1, 0.15) is 6.04 Å². The maximum absolute atomic E-state index is 13.5. The normalized spacial score (nSPS) is 19.7. The number of esters is 1. The Hall–Kier alpha value is -3.10. The van der Waals surface area contributed by atoms with Crippen LogP contribution in [-0.4, -0.2) is 54.2 Å². The maximum Gasteiger partial charge on any atom is 0.338 e. The van der Waals surface area contributed by atoms with E-state index in [0.29, 0.717) is 35.7 Å². The molecular formula is C28H36ClN3O5. The quantitative estimate of drug-likeness (QED) is 0.468. The van der Waals surface area contributed by atoms with Gasteiger partial charge in [0.05, 0.1) is 18.3 Å². The summed E-state index contributed by atoms with van der Waals surface area (Å²) < 4.78 is 4.80. The van der Waals surface area contributed by atoms with Gasteiger partial charge >= 0.3 is 12.0 Å². The summed E-state index contributed by atoms with van der Waals surface area (Å²) in [6.45, 7) is 8.38. The van der Waals surface area contributed by atoms with Crippen molar-refractivity contribution in [2.45, 2.75) is 52.3 Å². The Labute approximate surface area is 223 Å². The van der Waals surface area contributed by atoms with Gasteiger partial charge in [0.25, 0.3) is 0 Å². The largest absolute Gasteiger partial charge is 0.465 e. The molecule has 37 heavy (non-hydrogen) atoms. The summed E-state index contributed by atoms with van der Waals surface area (Å²) in [6.07, 6.45) is 0.356. The van der Waals surface area contributed by atoms with Gasteiger partial charge in [-0.1, -0.05) is 69.6 Å². The average Bonchev–Trinajstić information content (AvgIpc) is 2.87. The van der Waals surface area contributed by atoms with Gasteiger partial charge in [-0.05, 0) is 41.7 Å². The number of hydrogen-bond donors (Lipinski definition) is 3. The number of piperidine rings is 1. The molecule has 0 saturated carbocycles. The summed E-state index contributed by atoms with van der Waals surface area (Å²) in [4.78, 5) is 40.0. The molecule has 0 spiro atoms. The number of ether oxygens (including phenoxy) is 1. The van der Waals surface area contributed by atoms with E-state index >= 15 is 0 Å². The van der Waals surface area contributed by atoms with Gasteiger partial charge in [0.15, 0.2) is 0 Å². The highest BCUT2D eigenvalue weighted by Crippen LogP contribution is 2.46. The second kappa shape index (κ2) is 11.5. The lowest BCUT2D eigenvalue weighted by Crippen LogP contribution is -2.61. The van der Waals surface area contributed by atoms with Crippen LogP contribution in [0.25, 0.3) is 0 Å². The minimum atomic E-state index is -1.13. The molecule has 0 unspecified atom stereocenters. The van der Waals surface area contributed by atoms with E-state index < -0.39 is 29.1 Å². The zero-order chi connectivity index (χ0) is 27.4. The Morgan fingerprint density at radius 2 is 1.76 bits per heavy atom.